The quantitative estimate of drug-likeness (QED) is 0.511. The Morgan fingerprint density at radius 2 is 1.00 bits per heavy atom. The number of hydrogen-bond donors (Lipinski definition) is 0. The van der Waals surface area contributed by atoms with Crippen LogP contribution in [0.25, 0.3) is 0 Å². The van der Waals surface area contributed by atoms with Crippen LogP contribution in [0.3, 0.4) is 0 Å². The van der Waals surface area contributed by atoms with Crippen molar-refractivity contribution in [3.05, 3.63) is 103 Å². The number of rotatable bonds is 4. The van der Waals surface area contributed by atoms with Gasteiger partial charge in [0.2, 0.25) is 0 Å². The molecule has 0 N–H and O–H groups in total. The first kappa shape index (κ1) is 23.4. The number of benzene rings is 2. The molecule has 4 rings (SSSR count). The molecule has 4 heteroatoms. The normalized spacial score (nSPS) is 15.5. The van der Waals surface area contributed by atoms with E-state index in [1.165, 1.54) is 11.1 Å². The smallest absolute Gasteiger partial charge is 0.147 e. The summed E-state index contributed by atoms with van der Waals surface area (Å²) < 4.78 is 6.49. The van der Waals surface area contributed by atoms with Crippen LogP contribution in [-0.2, 0) is 17.4 Å². The van der Waals surface area contributed by atoms with Crippen LogP contribution in [-0.4, -0.2) is 6.88 Å². The van der Waals surface area contributed by atoms with E-state index in [0.29, 0.717) is 0 Å². The van der Waals surface area contributed by atoms with Crippen molar-refractivity contribution in [2.45, 2.75) is 26.7 Å². The van der Waals surface area contributed by atoms with Gasteiger partial charge in [0.05, 0.1) is 0 Å². The molecule has 0 radical (unpaired) electrons. The predicted molar refractivity (Wildman–Crippen MR) is 128 cm³/mol. The molecule has 0 atom stereocenters. The fourth-order valence-corrected chi connectivity index (χ4v) is 25.6. The van der Waals surface area contributed by atoms with E-state index >= 15 is 0 Å². The third-order valence-electron chi connectivity index (χ3n) is 6.34. The molecule has 146 valence electrons. The summed E-state index contributed by atoms with van der Waals surface area (Å²) in [5.74, 6) is 0. The molecule has 0 spiro atoms. The number of hydrogen-bond acceptors (Lipinski definition) is 0. The van der Waals surface area contributed by atoms with Gasteiger partial charge in [-0.1, -0.05) is 0 Å². The van der Waals surface area contributed by atoms with Crippen LogP contribution in [0.2, 0.25) is 0 Å². The Labute approximate surface area is 183 Å². The third-order valence-corrected chi connectivity index (χ3v) is 33.2. The molecule has 2 aliphatic rings. The summed E-state index contributed by atoms with van der Waals surface area (Å²) >= 11 is -3.81. The molecule has 0 saturated carbocycles. The molecule has 0 fully saturated rings. The summed E-state index contributed by atoms with van der Waals surface area (Å²) in [7, 11) is 0. The van der Waals surface area contributed by atoms with Crippen molar-refractivity contribution in [3.8, 4) is 0 Å². The zero-order valence-electron chi connectivity index (χ0n) is 16.5. The minimum atomic E-state index is -3.81. The number of halogens is 2. The van der Waals surface area contributed by atoms with Crippen molar-refractivity contribution in [1.82, 2.24) is 0 Å². The van der Waals surface area contributed by atoms with Crippen LogP contribution >= 0.6 is 24.8 Å². The first-order chi connectivity index (χ1) is 12.5. The molecule has 0 amide bonds. The van der Waals surface area contributed by atoms with E-state index in [0.717, 1.165) is 12.8 Å². The summed E-state index contributed by atoms with van der Waals surface area (Å²) in [4.78, 5) is 0. The van der Waals surface area contributed by atoms with E-state index in [1.807, 2.05) is 0 Å². The van der Waals surface area contributed by atoms with Crippen molar-refractivity contribution in [3.63, 3.8) is 0 Å². The molecule has 0 unspecified atom stereocenters. The summed E-state index contributed by atoms with van der Waals surface area (Å²) in [6.07, 6.45) is 16.2. The average Bonchev–Trinajstić information content (AvgIpc) is 3.37. The summed E-state index contributed by atoms with van der Waals surface area (Å²) in [6.45, 7) is 6.73. The van der Waals surface area contributed by atoms with Crippen LogP contribution in [0.5, 0.6) is 0 Å². The van der Waals surface area contributed by atoms with Gasteiger partial charge in [0.1, 0.15) is 0 Å². The second kappa shape index (κ2) is 8.84. The second-order valence-electron chi connectivity index (χ2n) is 7.84. The zero-order valence-corrected chi connectivity index (χ0v) is 22.0. The SMILES string of the molecule is Cc1cc[c]([Zr](=[SiH2])([C]2=CC=CC2)([C]2=CC=CC2)[c]2ccc(C)cc2)cc1.Cl.Cl. The summed E-state index contributed by atoms with van der Waals surface area (Å²) in [5.41, 5.74) is 2.67. The maximum Gasteiger partial charge on any atom is -0.147 e. The summed E-state index contributed by atoms with van der Waals surface area (Å²) in [6, 6.07) is 18.9. The van der Waals surface area contributed by atoms with Gasteiger partial charge in [-0.25, -0.2) is 0 Å². The minimum absolute atomic E-state index is 0. The molecule has 2 aromatic carbocycles. The zero-order chi connectivity index (χ0) is 18.2. The largest absolute Gasteiger partial charge is 0.147 e. The van der Waals surface area contributed by atoms with Crippen molar-refractivity contribution in [2.24, 2.45) is 0 Å². The Balaban J connectivity index is 0.00000140. The van der Waals surface area contributed by atoms with Crippen molar-refractivity contribution < 1.29 is 17.4 Å². The molecule has 28 heavy (non-hydrogen) atoms. The Morgan fingerprint density at radius 3 is 1.29 bits per heavy atom. The Hall–Kier alpha value is -0.920. The molecule has 0 heterocycles. The number of aryl methyl sites for hydroxylation is 2. The molecule has 0 bridgehead atoms. The van der Waals surface area contributed by atoms with Crippen LogP contribution < -0.4 is 6.54 Å². The van der Waals surface area contributed by atoms with Gasteiger partial charge in [-0.05, 0) is 0 Å². The molecule has 2 aromatic rings. The molecule has 0 aromatic heterocycles. The monoisotopic (exact) mass is 504 g/mol. The van der Waals surface area contributed by atoms with E-state index < -0.39 is 17.4 Å². The van der Waals surface area contributed by atoms with Crippen LogP contribution in [0, 0.1) is 13.8 Å². The molecular weight excluding hydrogens is 478 g/mol. The Kier molecular flexibility index (Phi) is 7.37. The summed E-state index contributed by atoms with van der Waals surface area (Å²) in [5, 5.41) is 0. The third kappa shape index (κ3) is 3.43. The first-order valence-corrected chi connectivity index (χ1v) is 20.3. The van der Waals surface area contributed by atoms with Gasteiger partial charge in [-0.2, -0.15) is 0 Å². The number of allylic oxidation sites excluding steroid dienone is 8. The van der Waals surface area contributed by atoms with E-state index in [9.17, 15) is 0 Å². The van der Waals surface area contributed by atoms with Crippen LogP contribution in [0.4, 0.5) is 0 Å². The van der Waals surface area contributed by atoms with Gasteiger partial charge in [0, 0.05) is 0 Å². The maximum atomic E-state index is 2.43. The predicted octanol–water partition coefficient (Wildman–Crippen LogP) is 5.02. The Morgan fingerprint density at radius 1 is 0.643 bits per heavy atom. The van der Waals surface area contributed by atoms with Gasteiger partial charge in [-0.3, -0.25) is 0 Å². The molecule has 0 nitrogen and oxygen atoms in total. The topological polar surface area (TPSA) is 0 Å². The van der Waals surface area contributed by atoms with Gasteiger partial charge < -0.3 is 0 Å². The van der Waals surface area contributed by atoms with E-state index in [1.54, 1.807) is 13.1 Å². The van der Waals surface area contributed by atoms with Crippen molar-refractivity contribution in [2.75, 3.05) is 0 Å². The fraction of sp³-hybridized carbons (Fsp3) is 0.167. The molecular formula is C24H28Cl2SiZr. The van der Waals surface area contributed by atoms with Gasteiger partial charge in [0.15, 0.2) is 0 Å². The van der Waals surface area contributed by atoms with E-state index in [2.05, 4.69) is 106 Å². The molecule has 0 aliphatic heterocycles. The van der Waals surface area contributed by atoms with Gasteiger partial charge in [-0.15, -0.1) is 24.8 Å². The van der Waals surface area contributed by atoms with Crippen molar-refractivity contribution in [1.29, 1.82) is 0 Å². The van der Waals surface area contributed by atoms with E-state index in [-0.39, 0.29) is 24.8 Å². The fourth-order valence-electron chi connectivity index (χ4n) is 4.67. The minimum Gasteiger partial charge on any atom is -0.147 e. The standard InChI is InChI=1S/2C7H7.2C5H5.2ClH.H2Si.Zr/c2*1-7-5-3-2-4-6-7;2*1-2-4-5-3-1;;;;/h2*3-6H,1H3;2*1-3H,4H2;2*1H;1H2;. The molecule has 2 aliphatic carbocycles. The van der Waals surface area contributed by atoms with Gasteiger partial charge >= 0.3 is 160 Å². The van der Waals surface area contributed by atoms with Crippen LogP contribution in [0.1, 0.15) is 24.0 Å². The first-order valence-electron chi connectivity index (χ1n) is 9.43. The average molecular weight is 507 g/mol. The maximum absolute atomic E-state index is 3.81. The van der Waals surface area contributed by atoms with E-state index in [4.69, 9.17) is 0 Å². The van der Waals surface area contributed by atoms with Crippen LogP contribution in [0.15, 0.2) is 91.5 Å². The molecule has 0 saturated heterocycles. The van der Waals surface area contributed by atoms with Crippen molar-refractivity contribution >= 4 is 38.2 Å². The van der Waals surface area contributed by atoms with Gasteiger partial charge in [0.25, 0.3) is 0 Å². The second-order valence-corrected chi connectivity index (χ2v) is 29.4. The Bertz CT molecular complexity index is 954.